The van der Waals surface area contributed by atoms with E-state index in [1.165, 1.54) is 16.4 Å². The third-order valence-electron chi connectivity index (χ3n) is 3.45. The van der Waals surface area contributed by atoms with Gasteiger partial charge in [0.25, 0.3) is 5.79 Å². The van der Waals surface area contributed by atoms with E-state index in [0.29, 0.717) is 5.02 Å². The molecule has 0 aliphatic carbocycles. The Labute approximate surface area is 181 Å². The predicted octanol–water partition coefficient (Wildman–Crippen LogP) is 4.90. The highest BCUT2D eigenvalue weighted by molar-refractivity contribution is 8.09. The van der Waals surface area contributed by atoms with Gasteiger partial charge in [0.05, 0.1) is 15.7 Å². The van der Waals surface area contributed by atoms with E-state index < -0.39 is 26.9 Å². The maximum Gasteiger partial charge on any atom is 0.303 e. The lowest BCUT2D eigenvalue weighted by atomic mass is 10.2. The summed E-state index contributed by atoms with van der Waals surface area (Å²) >= 11 is 29.2. The van der Waals surface area contributed by atoms with Crippen molar-refractivity contribution in [3.63, 3.8) is 0 Å². The van der Waals surface area contributed by atoms with Gasteiger partial charge in [-0.3, -0.25) is 9.10 Å². The van der Waals surface area contributed by atoms with E-state index in [-0.39, 0.29) is 43.7 Å². The van der Waals surface area contributed by atoms with Crippen LogP contribution in [0.15, 0.2) is 12.1 Å². The monoisotopic (exact) mass is 509 g/mol. The maximum atomic E-state index is 13.1. The van der Waals surface area contributed by atoms with Gasteiger partial charge in [-0.05, 0) is 26.0 Å². The lowest BCUT2D eigenvalue weighted by Gasteiger charge is -2.39. The molecule has 0 aromatic heterocycles. The number of nitrogens with zero attached hydrogens (tertiary/aromatic N) is 1. The zero-order valence-corrected chi connectivity index (χ0v) is 19.9. The highest BCUT2D eigenvalue weighted by atomic mass is 35.5. The number of benzene rings is 1. The second-order valence-electron chi connectivity index (χ2n) is 4.85. The van der Waals surface area contributed by atoms with Crippen molar-refractivity contribution in [1.82, 2.24) is 0 Å². The minimum atomic E-state index is -2.24. The van der Waals surface area contributed by atoms with Crippen LogP contribution in [0.3, 0.4) is 0 Å². The Morgan fingerprint density at radius 3 is 1.96 bits per heavy atom. The van der Waals surface area contributed by atoms with Crippen molar-refractivity contribution >= 4 is 94.9 Å². The molecule has 1 aromatic rings. The molecule has 1 aromatic carbocycles. The number of ether oxygens (including phenoxy) is 2. The largest absolute Gasteiger partial charge is 0.340 e. The average Bonchev–Trinajstić information content (AvgIpc) is 2.75. The summed E-state index contributed by atoms with van der Waals surface area (Å²) in [6.45, 7) is 3.62. The number of anilines is 1. The van der Waals surface area contributed by atoms with E-state index in [1.54, 1.807) is 13.8 Å². The summed E-state index contributed by atoms with van der Waals surface area (Å²) in [6, 6.07) is 2.86. The van der Waals surface area contributed by atoms with Gasteiger partial charge in [-0.1, -0.05) is 58.4 Å². The first-order valence-corrected chi connectivity index (χ1v) is 13.2. The van der Waals surface area contributed by atoms with Crippen molar-refractivity contribution < 1.29 is 18.5 Å². The molecule has 1 aliphatic rings. The smallest absolute Gasteiger partial charge is 0.303 e. The third-order valence-corrected chi connectivity index (χ3v) is 10.4. The first kappa shape index (κ1) is 23.0. The molecule has 26 heavy (non-hydrogen) atoms. The van der Waals surface area contributed by atoms with Crippen LogP contribution in [0.25, 0.3) is 0 Å². The van der Waals surface area contributed by atoms with Gasteiger partial charge in [-0.15, -0.1) is 0 Å². The Morgan fingerprint density at radius 1 is 1.12 bits per heavy atom. The molecule has 0 spiro atoms. The van der Waals surface area contributed by atoms with Gasteiger partial charge in [0, 0.05) is 32.9 Å². The first-order valence-electron chi connectivity index (χ1n) is 7.14. The number of rotatable bonds is 7. The SMILES string of the molecule is CCOC1(OCC)C(=O)S(=O)N(c2c(Cl)cc(Cl)cc2Cl)C1(P=S)P=S. The van der Waals surface area contributed by atoms with Gasteiger partial charge >= 0.3 is 5.12 Å². The molecule has 0 N–H and O–H groups in total. The van der Waals surface area contributed by atoms with Crippen LogP contribution in [0.2, 0.25) is 15.1 Å². The fourth-order valence-corrected chi connectivity index (χ4v) is 9.73. The number of halogens is 3. The molecule has 1 aliphatic heterocycles. The second-order valence-corrected chi connectivity index (χ2v) is 10.4. The van der Waals surface area contributed by atoms with Crippen molar-refractivity contribution in [3.8, 4) is 0 Å². The lowest BCUT2D eigenvalue weighted by Crippen LogP contribution is -2.56. The van der Waals surface area contributed by atoms with Gasteiger partial charge in [0.1, 0.15) is 0 Å². The van der Waals surface area contributed by atoms with Crippen LogP contribution in [0.1, 0.15) is 13.8 Å². The van der Waals surface area contributed by atoms with Crippen molar-refractivity contribution in [3.05, 3.63) is 27.2 Å². The van der Waals surface area contributed by atoms with E-state index in [2.05, 4.69) is 0 Å². The fourth-order valence-electron chi connectivity index (χ4n) is 2.52. The normalized spacial score (nSPS) is 25.3. The molecule has 0 amide bonds. The molecule has 1 fully saturated rings. The fraction of sp³-hybridized carbons (Fsp3) is 0.462. The summed E-state index contributed by atoms with van der Waals surface area (Å²) in [4.78, 5) is 13.0. The minimum Gasteiger partial charge on any atom is -0.340 e. The van der Waals surface area contributed by atoms with E-state index in [1.807, 2.05) is 0 Å². The summed E-state index contributed by atoms with van der Waals surface area (Å²) in [5, 5.41) is -1.76. The van der Waals surface area contributed by atoms with E-state index in [9.17, 15) is 9.00 Å². The molecule has 1 atom stereocenters. The predicted molar refractivity (Wildman–Crippen MR) is 114 cm³/mol. The zero-order chi connectivity index (χ0) is 19.7. The van der Waals surface area contributed by atoms with E-state index in [4.69, 9.17) is 67.9 Å². The Morgan fingerprint density at radius 2 is 1.58 bits per heavy atom. The molecule has 2 rings (SSSR count). The summed E-state index contributed by atoms with van der Waals surface area (Å²) in [5.74, 6) is -1.90. The van der Waals surface area contributed by atoms with Crippen LogP contribution in [-0.2, 0) is 48.9 Å². The van der Waals surface area contributed by atoms with Crippen LogP contribution in [0.5, 0.6) is 0 Å². The summed E-state index contributed by atoms with van der Waals surface area (Å²) in [7, 11) is -1.86. The van der Waals surface area contributed by atoms with Gasteiger partial charge in [-0.2, -0.15) is 0 Å². The van der Waals surface area contributed by atoms with Gasteiger partial charge in [0.2, 0.25) is 5.02 Å². The number of carbonyl (C=O) groups is 1. The van der Waals surface area contributed by atoms with Crippen LogP contribution in [0, 0.1) is 0 Å². The number of carbonyl (C=O) groups excluding carboxylic acids is 1. The molecule has 0 radical (unpaired) electrons. The first-order chi connectivity index (χ1) is 12.3. The Kier molecular flexibility index (Phi) is 7.94. The lowest BCUT2D eigenvalue weighted by molar-refractivity contribution is -0.219. The molecule has 142 valence electrons. The van der Waals surface area contributed by atoms with Crippen LogP contribution < -0.4 is 4.31 Å². The third kappa shape index (κ3) is 3.41. The van der Waals surface area contributed by atoms with Crippen LogP contribution >= 0.6 is 49.5 Å². The van der Waals surface area contributed by atoms with E-state index >= 15 is 0 Å². The molecule has 5 nitrogen and oxygen atoms in total. The van der Waals surface area contributed by atoms with Crippen LogP contribution in [-0.4, -0.2) is 33.3 Å². The van der Waals surface area contributed by atoms with Crippen molar-refractivity contribution in [2.24, 2.45) is 0 Å². The Hall–Kier alpha value is 0.670. The summed E-state index contributed by atoms with van der Waals surface area (Å²) in [5.41, 5.74) is 0.139. The molecule has 13 heteroatoms. The molecular formula is C13H12Cl3NO4P2S3. The van der Waals surface area contributed by atoms with Crippen molar-refractivity contribution in [2.45, 2.75) is 24.7 Å². The average molecular weight is 511 g/mol. The van der Waals surface area contributed by atoms with Crippen molar-refractivity contribution in [1.29, 1.82) is 0 Å². The maximum absolute atomic E-state index is 13.1. The Balaban J connectivity index is 2.86. The minimum absolute atomic E-state index is 0.106. The van der Waals surface area contributed by atoms with Crippen LogP contribution in [0.4, 0.5) is 5.69 Å². The topological polar surface area (TPSA) is 55.8 Å². The van der Waals surface area contributed by atoms with Crippen molar-refractivity contribution in [2.75, 3.05) is 17.5 Å². The van der Waals surface area contributed by atoms with Gasteiger partial charge in [0.15, 0.2) is 11.0 Å². The Bertz CT molecular complexity index is 761. The molecule has 0 saturated carbocycles. The number of hydrogen-bond acceptors (Lipinski definition) is 6. The highest BCUT2D eigenvalue weighted by Crippen LogP contribution is 2.59. The highest BCUT2D eigenvalue weighted by Gasteiger charge is 2.72. The second kappa shape index (κ2) is 9.00. The molecule has 1 heterocycles. The number of hydrogen-bond donors (Lipinski definition) is 0. The molecule has 0 bridgehead atoms. The molecule has 1 unspecified atom stereocenters. The molecule has 1 saturated heterocycles. The quantitative estimate of drug-likeness (QED) is 0.384. The standard InChI is InChI=1S/C13H12Cl3NO4P2S3/c1-3-20-12(21-4-2)11(18)26(19)17(13(12,22-24)23-25)10-8(15)5-7(14)6-9(10)16/h5-6H,3-4H2,1-2H3. The molecular weight excluding hydrogens is 499 g/mol. The summed E-state index contributed by atoms with van der Waals surface area (Å²) in [6.07, 6.45) is 0. The van der Waals surface area contributed by atoms with Gasteiger partial charge in [-0.25, -0.2) is 4.21 Å². The summed E-state index contributed by atoms with van der Waals surface area (Å²) < 4.78 is 25.7. The van der Waals surface area contributed by atoms with Gasteiger partial charge < -0.3 is 9.47 Å². The van der Waals surface area contributed by atoms with E-state index in [0.717, 1.165) is 0 Å². The zero-order valence-electron chi connectivity index (χ0n) is 13.4.